The van der Waals surface area contributed by atoms with Gasteiger partial charge in [-0.2, -0.15) is 0 Å². The number of rotatable bonds is 7. The number of carbonyl (C=O) groups is 2. The van der Waals surface area contributed by atoms with Crippen LogP contribution < -0.4 is 15.4 Å². The van der Waals surface area contributed by atoms with E-state index in [0.717, 1.165) is 5.56 Å². The fourth-order valence-electron chi connectivity index (χ4n) is 2.30. The first kappa shape index (κ1) is 18.5. The molecule has 0 heterocycles. The van der Waals surface area contributed by atoms with E-state index in [1.54, 1.807) is 56.6 Å². The number of hydrogen-bond acceptors (Lipinski definition) is 4. The predicted molar refractivity (Wildman–Crippen MR) is 96.1 cm³/mol. The molecule has 0 aliphatic rings. The van der Waals surface area contributed by atoms with Crippen LogP contribution in [0.5, 0.6) is 5.75 Å². The molecule has 0 saturated heterocycles. The van der Waals surface area contributed by atoms with E-state index in [-0.39, 0.29) is 11.8 Å². The molecule has 0 aliphatic heterocycles. The average Bonchev–Trinajstić information content (AvgIpc) is 2.65. The number of anilines is 1. The lowest BCUT2D eigenvalue weighted by molar-refractivity contribution is 0.0962. The fourth-order valence-corrected chi connectivity index (χ4v) is 2.30. The maximum Gasteiger partial charge on any atom is 0.255 e. The Morgan fingerprint density at radius 1 is 1.00 bits per heavy atom. The Balaban J connectivity index is 2.13. The maximum atomic E-state index is 12.4. The van der Waals surface area contributed by atoms with Crippen LogP contribution in [0.3, 0.4) is 0 Å². The first-order valence-electron chi connectivity index (χ1n) is 7.97. The Bertz CT molecular complexity index is 742. The van der Waals surface area contributed by atoms with E-state index in [1.807, 2.05) is 6.92 Å². The highest BCUT2D eigenvalue weighted by Crippen LogP contribution is 2.21. The van der Waals surface area contributed by atoms with E-state index in [2.05, 4.69) is 10.6 Å². The zero-order chi connectivity index (χ0) is 18.2. The third-order valence-corrected chi connectivity index (χ3v) is 3.64. The van der Waals surface area contributed by atoms with Crippen LogP contribution in [0.15, 0.2) is 42.5 Å². The molecule has 25 heavy (non-hydrogen) atoms. The number of carbonyl (C=O) groups excluding carboxylic acids is 2. The van der Waals surface area contributed by atoms with Gasteiger partial charge in [0.05, 0.1) is 13.7 Å². The Hall–Kier alpha value is -2.86. The molecule has 0 aromatic heterocycles. The second-order valence-corrected chi connectivity index (χ2v) is 5.27. The second-order valence-electron chi connectivity index (χ2n) is 5.27. The molecule has 6 nitrogen and oxygen atoms in total. The van der Waals surface area contributed by atoms with Gasteiger partial charge in [-0.1, -0.05) is 0 Å². The number of benzene rings is 2. The van der Waals surface area contributed by atoms with Crippen molar-refractivity contribution in [3.63, 3.8) is 0 Å². The zero-order valence-electron chi connectivity index (χ0n) is 14.6. The monoisotopic (exact) mass is 342 g/mol. The van der Waals surface area contributed by atoms with E-state index in [1.165, 1.54) is 0 Å². The SMILES string of the molecule is CCOCc1cc(C(=O)Nc2ccc(C(=O)NC)cc2)ccc1OC. The molecule has 0 spiro atoms. The first-order valence-corrected chi connectivity index (χ1v) is 7.97. The summed E-state index contributed by atoms with van der Waals surface area (Å²) in [4.78, 5) is 24.0. The van der Waals surface area contributed by atoms with Crippen LogP contribution in [-0.2, 0) is 11.3 Å². The van der Waals surface area contributed by atoms with Crippen LogP contribution in [-0.4, -0.2) is 32.6 Å². The van der Waals surface area contributed by atoms with E-state index in [4.69, 9.17) is 9.47 Å². The van der Waals surface area contributed by atoms with Gasteiger partial charge in [0.25, 0.3) is 11.8 Å². The smallest absolute Gasteiger partial charge is 0.255 e. The van der Waals surface area contributed by atoms with E-state index in [0.29, 0.717) is 35.8 Å². The minimum Gasteiger partial charge on any atom is -0.496 e. The van der Waals surface area contributed by atoms with Crippen molar-refractivity contribution in [2.24, 2.45) is 0 Å². The summed E-state index contributed by atoms with van der Waals surface area (Å²) in [7, 11) is 3.15. The van der Waals surface area contributed by atoms with Crippen molar-refractivity contribution < 1.29 is 19.1 Å². The van der Waals surface area contributed by atoms with Crippen molar-refractivity contribution in [1.29, 1.82) is 0 Å². The molecular weight excluding hydrogens is 320 g/mol. The third kappa shape index (κ3) is 4.81. The normalized spacial score (nSPS) is 10.2. The van der Waals surface area contributed by atoms with Gasteiger partial charge in [-0.15, -0.1) is 0 Å². The van der Waals surface area contributed by atoms with E-state index < -0.39 is 0 Å². The van der Waals surface area contributed by atoms with Gasteiger partial charge in [0.1, 0.15) is 5.75 Å². The minimum atomic E-state index is -0.243. The second kappa shape index (κ2) is 8.84. The first-order chi connectivity index (χ1) is 12.1. The molecule has 132 valence electrons. The standard InChI is InChI=1S/C19H22N2O4/c1-4-25-12-15-11-14(7-10-17(15)24-3)19(23)21-16-8-5-13(6-9-16)18(22)20-2/h5-11H,4,12H2,1-3H3,(H,20,22)(H,21,23). The van der Waals surface area contributed by atoms with Crippen LogP contribution in [0.2, 0.25) is 0 Å². The van der Waals surface area contributed by atoms with Crippen molar-refractivity contribution in [3.8, 4) is 5.75 Å². The molecule has 2 aromatic carbocycles. The van der Waals surface area contributed by atoms with Crippen LogP contribution in [0.1, 0.15) is 33.2 Å². The van der Waals surface area contributed by atoms with Crippen LogP contribution in [0.4, 0.5) is 5.69 Å². The molecule has 0 bridgehead atoms. The topological polar surface area (TPSA) is 76.7 Å². The van der Waals surface area contributed by atoms with Crippen molar-refractivity contribution in [2.75, 3.05) is 26.1 Å². The molecule has 0 atom stereocenters. The molecule has 2 amide bonds. The summed E-state index contributed by atoms with van der Waals surface area (Å²) >= 11 is 0. The average molecular weight is 342 g/mol. The number of amides is 2. The van der Waals surface area contributed by atoms with Gasteiger partial charge in [0, 0.05) is 36.0 Å². The minimum absolute atomic E-state index is 0.173. The lowest BCUT2D eigenvalue weighted by Crippen LogP contribution is -2.18. The molecule has 0 radical (unpaired) electrons. The summed E-state index contributed by atoms with van der Waals surface area (Å²) < 4.78 is 10.7. The zero-order valence-corrected chi connectivity index (χ0v) is 14.6. The quantitative estimate of drug-likeness (QED) is 0.811. The highest BCUT2D eigenvalue weighted by atomic mass is 16.5. The van der Waals surface area contributed by atoms with Gasteiger partial charge in [-0.05, 0) is 49.4 Å². The van der Waals surface area contributed by atoms with Gasteiger partial charge >= 0.3 is 0 Å². The lowest BCUT2D eigenvalue weighted by atomic mass is 10.1. The third-order valence-electron chi connectivity index (χ3n) is 3.64. The Kier molecular flexibility index (Phi) is 6.54. The van der Waals surface area contributed by atoms with Gasteiger partial charge in [0.2, 0.25) is 0 Å². The number of ether oxygens (including phenoxy) is 2. The summed E-state index contributed by atoms with van der Waals surface area (Å²) in [6.07, 6.45) is 0. The van der Waals surface area contributed by atoms with E-state index >= 15 is 0 Å². The highest BCUT2D eigenvalue weighted by molar-refractivity contribution is 6.04. The molecule has 0 unspecified atom stereocenters. The molecule has 6 heteroatoms. The summed E-state index contributed by atoms with van der Waals surface area (Å²) in [5, 5.41) is 5.36. The van der Waals surface area contributed by atoms with Crippen molar-refractivity contribution in [3.05, 3.63) is 59.2 Å². The molecule has 2 rings (SSSR count). The van der Waals surface area contributed by atoms with Crippen LogP contribution in [0, 0.1) is 0 Å². The summed E-state index contributed by atoms with van der Waals surface area (Å²) in [6, 6.07) is 11.9. The maximum absolute atomic E-state index is 12.4. The largest absolute Gasteiger partial charge is 0.496 e. The van der Waals surface area contributed by atoms with Crippen molar-refractivity contribution in [2.45, 2.75) is 13.5 Å². The van der Waals surface area contributed by atoms with Gasteiger partial charge in [-0.25, -0.2) is 0 Å². The summed E-state index contributed by atoms with van der Waals surface area (Å²) in [5.74, 6) is 0.265. The van der Waals surface area contributed by atoms with Crippen LogP contribution >= 0.6 is 0 Å². The van der Waals surface area contributed by atoms with Gasteiger partial charge in [-0.3, -0.25) is 9.59 Å². The number of methoxy groups -OCH3 is 1. The Labute approximate surface area is 147 Å². The van der Waals surface area contributed by atoms with Crippen molar-refractivity contribution >= 4 is 17.5 Å². The predicted octanol–water partition coefficient (Wildman–Crippen LogP) is 2.84. The van der Waals surface area contributed by atoms with Gasteiger partial charge < -0.3 is 20.1 Å². The van der Waals surface area contributed by atoms with Crippen LogP contribution in [0.25, 0.3) is 0 Å². The molecule has 2 aromatic rings. The number of nitrogens with one attached hydrogen (secondary N) is 2. The van der Waals surface area contributed by atoms with Crippen molar-refractivity contribution in [1.82, 2.24) is 5.32 Å². The number of hydrogen-bond donors (Lipinski definition) is 2. The molecule has 0 aliphatic carbocycles. The highest BCUT2D eigenvalue weighted by Gasteiger charge is 2.11. The summed E-state index contributed by atoms with van der Waals surface area (Å²) in [6.45, 7) is 2.87. The Morgan fingerprint density at radius 2 is 1.68 bits per heavy atom. The fraction of sp³-hybridized carbons (Fsp3) is 0.263. The molecule has 2 N–H and O–H groups in total. The lowest BCUT2D eigenvalue weighted by Gasteiger charge is -2.11. The molecular formula is C19H22N2O4. The Morgan fingerprint density at radius 3 is 2.28 bits per heavy atom. The molecule has 0 fully saturated rings. The van der Waals surface area contributed by atoms with Gasteiger partial charge in [0.15, 0.2) is 0 Å². The summed E-state index contributed by atoms with van der Waals surface area (Å²) in [5.41, 5.74) is 2.46. The van der Waals surface area contributed by atoms with E-state index in [9.17, 15) is 9.59 Å². The molecule has 0 saturated carbocycles.